The van der Waals surface area contributed by atoms with Gasteiger partial charge in [-0.25, -0.2) is 13.1 Å². The van der Waals surface area contributed by atoms with Gasteiger partial charge in [0.05, 0.1) is 26.5 Å². The Hall–Kier alpha value is -1.61. The Morgan fingerprint density at radius 3 is 2.10 bits per heavy atom. The topological polar surface area (TPSA) is 102 Å². The van der Waals surface area contributed by atoms with E-state index < -0.39 is 15.6 Å². The summed E-state index contributed by atoms with van der Waals surface area (Å²) in [6, 6.07) is 1.55. The normalized spacial score (nSPS) is 12.1. The Morgan fingerprint density at radius 1 is 1.20 bits per heavy atom. The van der Waals surface area contributed by atoms with E-state index in [1.54, 1.807) is 19.9 Å². The van der Waals surface area contributed by atoms with Crippen molar-refractivity contribution in [1.82, 2.24) is 14.7 Å². The molecule has 0 radical (unpaired) electrons. The van der Waals surface area contributed by atoms with E-state index in [2.05, 4.69) is 20.0 Å². The first-order valence-electron chi connectivity index (χ1n) is 5.85. The summed E-state index contributed by atoms with van der Waals surface area (Å²) >= 11 is 0. The highest BCUT2D eigenvalue weighted by Crippen LogP contribution is 2.17. The van der Waals surface area contributed by atoms with Crippen molar-refractivity contribution in [3.63, 3.8) is 0 Å². The minimum atomic E-state index is -3.29. The molecule has 0 aromatic carbocycles. The lowest BCUT2D eigenvalue weighted by Gasteiger charge is -2.25. The number of methoxy groups -OCH3 is 2. The van der Waals surface area contributed by atoms with Crippen LogP contribution in [-0.4, -0.2) is 50.9 Å². The third-order valence-corrected chi connectivity index (χ3v) is 3.17. The molecular formula is C11H20N4O4S. The van der Waals surface area contributed by atoms with Gasteiger partial charge in [0.25, 0.3) is 0 Å². The van der Waals surface area contributed by atoms with Crippen molar-refractivity contribution >= 4 is 16.0 Å². The van der Waals surface area contributed by atoms with Crippen molar-refractivity contribution in [3.8, 4) is 11.8 Å². The van der Waals surface area contributed by atoms with Gasteiger partial charge < -0.3 is 14.8 Å². The van der Waals surface area contributed by atoms with E-state index in [4.69, 9.17) is 9.47 Å². The Bertz CT molecular complexity index is 537. The molecule has 1 aromatic rings. The molecule has 0 saturated heterocycles. The van der Waals surface area contributed by atoms with Crippen LogP contribution in [0.4, 0.5) is 5.95 Å². The largest absolute Gasteiger partial charge is 0.481 e. The first kappa shape index (κ1) is 16.4. The van der Waals surface area contributed by atoms with Gasteiger partial charge in [0.15, 0.2) is 0 Å². The van der Waals surface area contributed by atoms with E-state index in [1.165, 1.54) is 14.2 Å². The van der Waals surface area contributed by atoms with Crippen molar-refractivity contribution in [1.29, 1.82) is 0 Å². The van der Waals surface area contributed by atoms with Crippen LogP contribution < -0.4 is 19.5 Å². The minimum Gasteiger partial charge on any atom is -0.481 e. The Balaban J connectivity index is 2.78. The Kier molecular flexibility index (Phi) is 5.12. The molecule has 114 valence electrons. The molecule has 0 bridgehead atoms. The van der Waals surface area contributed by atoms with Crippen LogP contribution in [0.2, 0.25) is 0 Å². The van der Waals surface area contributed by atoms with E-state index in [-0.39, 0.29) is 0 Å². The van der Waals surface area contributed by atoms with E-state index in [0.29, 0.717) is 24.3 Å². The SMILES string of the molecule is COc1cc(OC)nc(NCC(C)(C)NS(C)(=O)=O)n1. The molecule has 0 aliphatic rings. The molecule has 0 fully saturated rings. The van der Waals surface area contributed by atoms with Crippen LogP contribution in [0.3, 0.4) is 0 Å². The van der Waals surface area contributed by atoms with Crippen LogP contribution in [0.15, 0.2) is 6.07 Å². The van der Waals surface area contributed by atoms with E-state index in [1.807, 2.05) is 0 Å². The second-order valence-corrected chi connectivity index (χ2v) is 6.64. The molecular weight excluding hydrogens is 284 g/mol. The number of anilines is 1. The number of hydrogen-bond donors (Lipinski definition) is 2. The van der Waals surface area contributed by atoms with Gasteiger partial charge >= 0.3 is 0 Å². The molecule has 0 aliphatic carbocycles. The van der Waals surface area contributed by atoms with Gasteiger partial charge in [-0.1, -0.05) is 0 Å². The molecule has 0 saturated carbocycles. The van der Waals surface area contributed by atoms with Crippen LogP contribution >= 0.6 is 0 Å². The number of hydrogen-bond acceptors (Lipinski definition) is 7. The fraction of sp³-hybridized carbons (Fsp3) is 0.636. The standard InChI is InChI=1S/C11H20N4O4S/c1-11(2,15-20(5,16)17)7-12-10-13-8(18-3)6-9(14-10)19-4/h6,15H,7H2,1-5H3,(H,12,13,14). The Labute approximate surface area is 119 Å². The molecule has 0 spiro atoms. The highest BCUT2D eigenvalue weighted by Gasteiger charge is 2.22. The molecule has 2 N–H and O–H groups in total. The lowest BCUT2D eigenvalue weighted by molar-refractivity contribution is 0.372. The quantitative estimate of drug-likeness (QED) is 0.743. The first-order chi connectivity index (χ1) is 9.15. The highest BCUT2D eigenvalue weighted by atomic mass is 32.2. The fourth-order valence-electron chi connectivity index (χ4n) is 1.53. The zero-order valence-electron chi connectivity index (χ0n) is 12.2. The second kappa shape index (κ2) is 6.23. The van der Waals surface area contributed by atoms with Crippen LogP contribution in [0.1, 0.15) is 13.8 Å². The van der Waals surface area contributed by atoms with Crippen LogP contribution in [0.5, 0.6) is 11.8 Å². The summed E-state index contributed by atoms with van der Waals surface area (Å²) in [6.45, 7) is 3.80. The predicted octanol–water partition coefficient (Wildman–Crippen LogP) is 0.234. The van der Waals surface area contributed by atoms with Gasteiger partial charge in [0, 0.05) is 12.1 Å². The maximum atomic E-state index is 11.2. The smallest absolute Gasteiger partial charge is 0.229 e. The van der Waals surface area contributed by atoms with Gasteiger partial charge in [-0.15, -0.1) is 0 Å². The summed E-state index contributed by atoms with van der Waals surface area (Å²) < 4.78 is 35.1. The lowest BCUT2D eigenvalue weighted by atomic mass is 10.1. The summed E-state index contributed by atoms with van der Waals surface area (Å²) in [5, 5.41) is 2.95. The number of ether oxygens (including phenoxy) is 2. The van der Waals surface area contributed by atoms with Crippen molar-refractivity contribution in [2.45, 2.75) is 19.4 Å². The molecule has 1 rings (SSSR count). The monoisotopic (exact) mass is 304 g/mol. The number of sulfonamides is 1. The molecule has 8 nitrogen and oxygen atoms in total. The molecule has 0 aliphatic heterocycles. The number of aromatic nitrogens is 2. The number of nitrogens with zero attached hydrogens (tertiary/aromatic N) is 2. The van der Waals surface area contributed by atoms with Gasteiger partial charge in [0.1, 0.15) is 0 Å². The maximum Gasteiger partial charge on any atom is 0.229 e. The van der Waals surface area contributed by atoms with Crippen LogP contribution in [0.25, 0.3) is 0 Å². The fourth-order valence-corrected chi connectivity index (χ4v) is 2.61. The highest BCUT2D eigenvalue weighted by molar-refractivity contribution is 7.88. The van der Waals surface area contributed by atoms with Crippen LogP contribution in [-0.2, 0) is 10.0 Å². The van der Waals surface area contributed by atoms with Gasteiger partial charge in [-0.3, -0.25) is 0 Å². The molecule has 0 amide bonds. The third-order valence-electron chi connectivity index (χ3n) is 2.25. The predicted molar refractivity (Wildman–Crippen MR) is 75.7 cm³/mol. The molecule has 1 heterocycles. The van der Waals surface area contributed by atoms with Crippen molar-refractivity contribution < 1.29 is 17.9 Å². The molecule has 9 heteroatoms. The summed E-state index contributed by atoms with van der Waals surface area (Å²) in [5.41, 5.74) is -0.687. The van der Waals surface area contributed by atoms with Crippen molar-refractivity contribution in [3.05, 3.63) is 6.07 Å². The van der Waals surface area contributed by atoms with E-state index in [9.17, 15) is 8.42 Å². The van der Waals surface area contributed by atoms with Crippen molar-refractivity contribution in [2.75, 3.05) is 32.3 Å². The summed E-state index contributed by atoms with van der Waals surface area (Å²) in [5.74, 6) is 1.01. The maximum absolute atomic E-state index is 11.2. The first-order valence-corrected chi connectivity index (χ1v) is 7.74. The number of rotatable bonds is 7. The average Bonchev–Trinajstić information content (AvgIpc) is 2.33. The molecule has 0 unspecified atom stereocenters. The number of nitrogens with one attached hydrogen (secondary N) is 2. The summed E-state index contributed by atoms with van der Waals surface area (Å²) in [7, 11) is -0.318. The van der Waals surface area contributed by atoms with Crippen molar-refractivity contribution in [2.24, 2.45) is 0 Å². The summed E-state index contributed by atoms with van der Waals surface area (Å²) in [6.07, 6.45) is 1.11. The van der Waals surface area contributed by atoms with Gasteiger partial charge in [0.2, 0.25) is 27.7 Å². The molecule has 0 atom stereocenters. The van der Waals surface area contributed by atoms with Crippen LogP contribution in [0, 0.1) is 0 Å². The molecule has 1 aromatic heterocycles. The zero-order chi connectivity index (χ0) is 15.4. The van der Waals surface area contributed by atoms with E-state index in [0.717, 1.165) is 6.26 Å². The summed E-state index contributed by atoms with van der Waals surface area (Å²) in [4.78, 5) is 8.20. The Morgan fingerprint density at radius 2 is 1.70 bits per heavy atom. The zero-order valence-corrected chi connectivity index (χ0v) is 13.0. The third kappa shape index (κ3) is 5.57. The van der Waals surface area contributed by atoms with E-state index >= 15 is 0 Å². The minimum absolute atomic E-state index is 0.296. The lowest BCUT2D eigenvalue weighted by Crippen LogP contribution is -2.47. The van der Waals surface area contributed by atoms with Gasteiger partial charge in [-0.05, 0) is 13.8 Å². The average molecular weight is 304 g/mol. The van der Waals surface area contributed by atoms with Gasteiger partial charge in [-0.2, -0.15) is 9.97 Å². The second-order valence-electron chi connectivity index (χ2n) is 4.89. The molecule has 20 heavy (non-hydrogen) atoms.